The summed E-state index contributed by atoms with van der Waals surface area (Å²) in [7, 11) is 1.76. The van der Waals surface area contributed by atoms with E-state index in [9.17, 15) is 13.2 Å². The van der Waals surface area contributed by atoms with Crippen LogP contribution in [0.25, 0.3) is 11.3 Å². The Bertz CT molecular complexity index is 602. The van der Waals surface area contributed by atoms with Crippen molar-refractivity contribution in [3.63, 3.8) is 0 Å². The van der Waals surface area contributed by atoms with E-state index in [0.29, 0.717) is 17.8 Å². The van der Waals surface area contributed by atoms with E-state index in [1.165, 1.54) is 6.07 Å². The van der Waals surface area contributed by atoms with Crippen LogP contribution in [-0.2, 0) is 19.8 Å². The van der Waals surface area contributed by atoms with E-state index in [0.717, 1.165) is 30.7 Å². The van der Waals surface area contributed by atoms with E-state index in [4.69, 9.17) is 0 Å². The van der Waals surface area contributed by atoms with Gasteiger partial charge in [-0.3, -0.25) is 4.68 Å². The van der Waals surface area contributed by atoms with Gasteiger partial charge in [0.1, 0.15) is 0 Å². The van der Waals surface area contributed by atoms with Gasteiger partial charge in [-0.15, -0.1) is 0 Å². The Balaban J connectivity index is 2.33. The van der Waals surface area contributed by atoms with Crippen LogP contribution in [0.2, 0.25) is 0 Å². The second kappa shape index (κ2) is 6.30. The summed E-state index contributed by atoms with van der Waals surface area (Å²) in [5.41, 5.74) is 1.31. The third-order valence-electron chi connectivity index (χ3n) is 3.11. The molecule has 0 radical (unpaired) electrons. The Morgan fingerprint density at radius 2 is 2.05 bits per heavy atom. The number of hydrogen-bond acceptors (Lipinski definition) is 2. The second-order valence-electron chi connectivity index (χ2n) is 4.93. The Kier molecular flexibility index (Phi) is 4.67. The van der Waals surface area contributed by atoms with Crippen LogP contribution in [0.3, 0.4) is 0 Å². The molecule has 2 aromatic rings. The molecule has 0 aliphatic carbocycles. The highest BCUT2D eigenvalue weighted by Gasteiger charge is 2.30. The monoisotopic (exact) mass is 297 g/mol. The summed E-state index contributed by atoms with van der Waals surface area (Å²) < 4.78 is 40.0. The van der Waals surface area contributed by atoms with E-state index in [1.54, 1.807) is 17.8 Å². The maximum atomic E-state index is 12.8. The number of nitrogens with zero attached hydrogens (tertiary/aromatic N) is 2. The molecule has 0 spiro atoms. The summed E-state index contributed by atoms with van der Waals surface area (Å²) >= 11 is 0. The maximum Gasteiger partial charge on any atom is 0.416 e. The fourth-order valence-electron chi connectivity index (χ4n) is 2.15. The molecule has 114 valence electrons. The van der Waals surface area contributed by atoms with Crippen molar-refractivity contribution in [2.45, 2.75) is 26.1 Å². The van der Waals surface area contributed by atoms with Crippen molar-refractivity contribution >= 4 is 0 Å². The average molecular weight is 297 g/mol. The molecular weight excluding hydrogens is 279 g/mol. The summed E-state index contributed by atoms with van der Waals surface area (Å²) in [6.07, 6.45) is -1.51. The molecule has 0 saturated carbocycles. The molecule has 1 N–H and O–H groups in total. The van der Waals surface area contributed by atoms with Crippen molar-refractivity contribution in [1.82, 2.24) is 15.1 Å². The third kappa shape index (κ3) is 3.85. The highest BCUT2D eigenvalue weighted by Crippen LogP contribution is 2.32. The lowest BCUT2D eigenvalue weighted by Crippen LogP contribution is -2.14. The average Bonchev–Trinajstić information content (AvgIpc) is 2.79. The van der Waals surface area contributed by atoms with Crippen LogP contribution < -0.4 is 5.32 Å². The largest absolute Gasteiger partial charge is 0.416 e. The van der Waals surface area contributed by atoms with Gasteiger partial charge in [0.25, 0.3) is 0 Å². The minimum Gasteiger partial charge on any atom is -0.313 e. The first-order chi connectivity index (χ1) is 9.91. The number of aromatic nitrogens is 2. The van der Waals surface area contributed by atoms with E-state index in [-0.39, 0.29) is 0 Å². The van der Waals surface area contributed by atoms with Crippen LogP contribution in [0.5, 0.6) is 0 Å². The van der Waals surface area contributed by atoms with E-state index >= 15 is 0 Å². The minimum atomic E-state index is -4.34. The van der Waals surface area contributed by atoms with Crippen molar-refractivity contribution < 1.29 is 13.2 Å². The first kappa shape index (κ1) is 15.6. The topological polar surface area (TPSA) is 29.9 Å². The number of rotatable bonds is 5. The van der Waals surface area contributed by atoms with Crippen LogP contribution in [0.1, 0.15) is 24.5 Å². The van der Waals surface area contributed by atoms with Gasteiger partial charge < -0.3 is 5.32 Å². The van der Waals surface area contributed by atoms with Crippen molar-refractivity contribution in [1.29, 1.82) is 0 Å². The Morgan fingerprint density at radius 1 is 1.29 bits per heavy atom. The molecule has 1 aromatic heterocycles. The Hall–Kier alpha value is -1.82. The molecule has 0 fully saturated rings. The molecule has 3 nitrogen and oxygen atoms in total. The predicted molar refractivity (Wildman–Crippen MR) is 75.6 cm³/mol. The first-order valence-corrected chi connectivity index (χ1v) is 6.82. The predicted octanol–water partition coefficient (Wildman–Crippen LogP) is 3.61. The minimum absolute atomic E-state index is 0.485. The summed E-state index contributed by atoms with van der Waals surface area (Å²) in [4.78, 5) is 0. The van der Waals surface area contributed by atoms with Gasteiger partial charge in [-0.1, -0.05) is 19.1 Å². The van der Waals surface area contributed by atoms with Crippen molar-refractivity contribution in [3.05, 3.63) is 41.6 Å². The first-order valence-electron chi connectivity index (χ1n) is 6.82. The lowest BCUT2D eigenvalue weighted by molar-refractivity contribution is -0.137. The maximum absolute atomic E-state index is 12.8. The van der Waals surface area contributed by atoms with Gasteiger partial charge in [0.15, 0.2) is 0 Å². The number of aryl methyl sites for hydroxylation is 1. The lowest BCUT2D eigenvalue weighted by atomic mass is 10.0. The molecular formula is C15H18F3N3. The summed E-state index contributed by atoms with van der Waals surface area (Å²) in [6, 6.07) is 5.28. The number of alkyl halides is 3. The smallest absolute Gasteiger partial charge is 0.313 e. The molecule has 0 aliphatic rings. The van der Waals surface area contributed by atoms with Gasteiger partial charge in [0, 0.05) is 30.9 Å². The molecule has 0 atom stereocenters. The highest BCUT2D eigenvalue weighted by molar-refractivity contribution is 5.63. The second-order valence-corrected chi connectivity index (χ2v) is 4.93. The van der Waals surface area contributed by atoms with Gasteiger partial charge in [0.05, 0.1) is 11.3 Å². The Labute approximate surface area is 121 Å². The zero-order valence-electron chi connectivity index (χ0n) is 12.0. The molecule has 0 saturated heterocycles. The number of hydrogen-bond donors (Lipinski definition) is 1. The van der Waals surface area contributed by atoms with E-state index < -0.39 is 11.7 Å². The molecule has 21 heavy (non-hydrogen) atoms. The SMILES string of the molecule is CCCNCc1cn(C)nc1-c1cccc(C(F)(F)F)c1. The van der Waals surface area contributed by atoms with Gasteiger partial charge in [-0.2, -0.15) is 18.3 Å². The standard InChI is InChI=1S/C15H18F3N3/c1-3-7-19-9-12-10-21(2)20-14(12)11-5-4-6-13(8-11)15(16,17)18/h4-6,8,10,19H,3,7,9H2,1-2H3. The van der Waals surface area contributed by atoms with E-state index in [1.807, 2.05) is 6.20 Å². The fourth-order valence-corrected chi connectivity index (χ4v) is 2.15. The normalized spacial score (nSPS) is 11.9. The van der Waals surface area contributed by atoms with Gasteiger partial charge >= 0.3 is 6.18 Å². The molecule has 0 amide bonds. The van der Waals surface area contributed by atoms with Crippen molar-refractivity contribution in [3.8, 4) is 11.3 Å². The molecule has 1 heterocycles. The van der Waals surface area contributed by atoms with Gasteiger partial charge in [-0.05, 0) is 25.1 Å². The van der Waals surface area contributed by atoms with Crippen LogP contribution in [0.15, 0.2) is 30.5 Å². The summed E-state index contributed by atoms with van der Waals surface area (Å²) in [5.74, 6) is 0. The number of benzene rings is 1. The van der Waals surface area contributed by atoms with E-state index in [2.05, 4.69) is 17.3 Å². The highest BCUT2D eigenvalue weighted by atomic mass is 19.4. The van der Waals surface area contributed by atoms with Crippen LogP contribution >= 0.6 is 0 Å². The summed E-state index contributed by atoms with van der Waals surface area (Å²) in [6.45, 7) is 3.51. The Morgan fingerprint density at radius 3 is 2.71 bits per heavy atom. The number of nitrogens with one attached hydrogen (secondary N) is 1. The zero-order chi connectivity index (χ0) is 15.5. The molecule has 0 bridgehead atoms. The zero-order valence-corrected chi connectivity index (χ0v) is 12.0. The molecule has 0 unspecified atom stereocenters. The van der Waals surface area contributed by atoms with Gasteiger partial charge in [-0.25, -0.2) is 0 Å². The van der Waals surface area contributed by atoms with Gasteiger partial charge in [0.2, 0.25) is 0 Å². The van der Waals surface area contributed by atoms with Crippen LogP contribution in [0, 0.1) is 0 Å². The molecule has 2 rings (SSSR count). The van der Waals surface area contributed by atoms with Crippen molar-refractivity contribution in [2.75, 3.05) is 6.54 Å². The van der Waals surface area contributed by atoms with Crippen molar-refractivity contribution in [2.24, 2.45) is 7.05 Å². The lowest BCUT2D eigenvalue weighted by Gasteiger charge is -2.09. The number of halogens is 3. The van der Waals surface area contributed by atoms with Crippen LogP contribution in [0.4, 0.5) is 13.2 Å². The van der Waals surface area contributed by atoms with Crippen LogP contribution in [-0.4, -0.2) is 16.3 Å². The third-order valence-corrected chi connectivity index (χ3v) is 3.11. The summed E-state index contributed by atoms with van der Waals surface area (Å²) in [5, 5.41) is 7.54. The molecule has 1 aromatic carbocycles. The molecule has 0 aliphatic heterocycles. The molecule has 6 heteroatoms. The quantitative estimate of drug-likeness (QED) is 0.855. The fraction of sp³-hybridized carbons (Fsp3) is 0.400.